The highest BCUT2D eigenvalue weighted by molar-refractivity contribution is 14.0. The van der Waals surface area contributed by atoms with Crippen LogP contribution in [-0.2, 0) is 9.47 Å². The lowest BCUT2D eigenvalue weighted by atomic mass is 10.1. The highest BCUT2D eigenvalue weighted by Gasteiger charge is 2.23. The van der Waals surface area contributed by atoms with Gasteiger partial charge in [0.1, 0.15) is 0 Å². The third-order valence-electron chi connectivity index (χ3n) is 5.52. The first-order valence-electron chi connectivity index (χ1n) is 10.1. The smallest absolute Gasteiger partial charge is 0.193 e. The van der Waals surface area contributed by atoms with E-state index in [1.807, 2.05) is 7.05 Å². The lowest BCUT2D eigenvalue weighted by molar-refractivity contribution is 0.00984. The maximum Gasteiger partial charge on any atom is 0.193 e. The minimum Gasteiger partial charge on any atom is -0.385 e. The molecule has 1 atom stereocenters. The highest BCUT2D eigenvalue weighted by Crippen LogP contribution is 2.14. The first-order chi connectivity index (χ1) is 12.6. The molecule has 2 rings (SSSR count). The largest absolute Gasteiger partial charge is 0.385 e. The van der Waals surface area contributed by atoms with E-state index < -0.39 is 0 Å². The molecule has 160 valence electrons. The summed E-state index contributed by atoms with van der Waals surface area (Å²) < 4.78 is 11.0. The number of likely N-dealkylation sites (N-methyl/N-ethyl adjacent to an activating group) is 1. The third-order valence-corrected chi connectivity index (χ3v) is 5.52. The van der Waals surface area contributed by atoms with Gasteiger partial charge in [-0.15, -0.1) is 24.0 Å². The molecule has 0 bridgehead atoms. The van der Waals surface area contributed by atoms with E-state index in [-0.39, 0.29) is 24.0 Å². The third kappa shape index (κ3) is 8.81. The van der Waals surface area contributed by atoms with Gasteiger partial charge >= 0.3 is 0 Å². The molecule has 0 aliphatic carbocycles. The normalized spacial score (nSPS) is 21.8. The van der Waals surface area contributed by atoms with Crippen molar-refractivity contribution in [2.24, 2.45) is 4.99 Å². The van der Waals surface area contributed by atoms with E-state index in [0.29, 0.717) is 12.1 Å². The molecule has 0 saturated carbocycles. The summed E-state index contributed by atoms with van der Waals surface area (Å²) in [5.41, 5.74) is 0. The molecule has 2 aliphatic rings. The average Bonchev–Trinajstić information content (AvgIpc) is 2.67. The topological polar surface area (TPSA) is 52.6 Å². The SMILES string of the molecule is CN=C(NCC(C)N1CCN(C)CC1)N1CCC(OCCCOC)CC1.I. The first kappa shape index (κ1) is 24.9. The summed E-state index contributed by atoms with van der Waals surface area (Å²) in [6.07, 6.45) is 3.50. The van der Waals surface area contributed by atoms with Crippen molar-refractivity contribution in [1.82, 2.24) is 20.0 Å². The molecule has 2 fully saturated rings. The predicted octanol–water partition coefficient (Wildman–Crippen LogP) is 1.33. The Morgan fingerprint density at radius 1 is 1.11 bits per heavy atom. The lowest BCUT2D eigenvalue weighted by Crippen LogP contribution is -2.53. The summed E-state index contributed by atoms with van der Waals surface area (Å²) in [5, 5.41) is 3.59. The Kier molecular flexibility index (Phi) is 12.8. The quantitative estimate of drug-likeness (QED) is 0.237. The van der Waals surface area contributed by atoms with Crippen LogP contribution in [0.2, 0.25) is 0 Å². The van der Waals surface area contributed by atoms with E-state index in [2.05, 4.69) is 39.0 Å². The van der Waals surface area contributed by atoms with Crippen molar-refractivity contribution in [2.45, 2.75) is 38.3 Å². The number of piperidine rings is 1. The molecule has 1 unspecified atom stereocenters. The zero-order chi connectivity index (χ0) is 18.8. The molecular formula is C19H40IN5O2. The van der Waals surface area contributed by atoms with E-state index >= 15 is 0 Å². The van der Waals surface area contributed by atoms with Gasteiger partial charge in [0.15, 0.2) is 5.96 Å². The number of halogens is 1. The fourth-order valence-electron chi connectivity index (χ4n) is 3.65. The second-order valence-corrected chi connectivity index (χ2v) is 7.52. The number of methoxy groups -OCH3 is 1. The fourth-order valence-corrected chi connectivity index (χ4v) is 3.65. The summed E-state index contributed by atoms with van der Waals surface area (Å²) in [6.45, 7) is 11.5. The van der Waals surface area contributed by atoms with Gasteiger partial charge in [-0.3, -0.25) is 9.89 Å². The molecular weight excluding hydrogens is 457 g/mol. The molecule has 0 spiro atoms. The Bertz CT molecular complexity index is 411. The number of aliphatic imine (C=N–C) groups is 1. The Hall–Kier alpha value is -0.160. The van der Waals surface area contributed by atoms with Crippen LogP contribution in [0, 0.1) is 0 Å². The summed E-state index contributed by atoms with van der Waals surface area (Å²) in [7, 11) is 5.82. The molecule has 0 aromatic rings. The molecule has 0 amide bonds. The van der Waals surface area contributed by atoms with Crippen molar-refractivity contribution >= 4 is 29.9 Å². The van der Waals surface area contributed by atoms with Gasteiger partial charge in [0, 0.05) is 79.2 Å². The molecule has 27 heavy (non-hydrogen) atoms. The number of likely N-dealkylation sites (tertiary alicyclic amines) is 1. The number of hydrogen-bond donors (Lipinski definition) is 1. The second kappa shape index (κ2) is 13.9. The van der Waals surface area contributed by atoms with Crippen LogP contribution in [-0.4, -0.2) is 113 Å². The van der Waals surface area contributed by atoms with Crippen molar-refractivity contribution in [2.75, 3.05) is 80.2 Å². The predicted molar refractivity (Wildman–Crippen MR) is 122 cm³/mol. The van der Waals surface area contributed by atoms with Gasteiger partial charge in [-0.1, -0.05) is 0 Å². The van der Waals surface area contributed by atoms with E-state index in [9.17, 15) is 0 Å². The van der Waals surface area contributed by atoms with Gasteiger partial charge < -0.3 is 24.6 Å². The van der Waals surface area contributed by atoms with Gasteiger partial charge in [0.25, 0.3) is 0 Å². The lowest BCUT2D eigenvalue weighted by Gasteiger charge is -2.38. The minimum atomic E-state index is 0. The van der Waals surface area contributed by atoms with Crippen LogP contribution in [0.3, 0.4) is 0 Å². The zero-order valence-electron chi connectivity index (χ0n) is 17.7. The van der Waals surface area contributed by atoms with Crippen LogP contribution in [0.5, 0.6) is 0 Å². The second-order valence-electron chi connectivity index (χ2n) is 7.52. The summed E-state index contributed by atoms with van der Waals surface area (Å²) in [5.74, 6) is 1.03. The molecule has 8 heteroatoms. The molecule has 0 aromatic heterocycles. The standard InChI is InChI=1S/C19H39N5O2.HI/c1-17(23-12-10-22(3)11-13-23)16-21-19(20-2)24-8-6-18(7-9-24)26-15-5-14-25-4;/h17-18H,5-16H2,1-4H3,(H,20,21);1H. The maximum atomic E-state index is 5.96. The minimum absolute atomic E-state index is 0. The maximum absolute atomic E-state index is 5.96. The van der Waals surface area contributed by atoms with Crippen molar-refractivity contribution in [3.63, 3.8) is 0 Å². The number of guanidine groups is 1. The molecule has 7 nitrogen and oxygen atoms in total. The van der Waals surface area contributed by atoms with Crippen LogP contribution in [0.25, 0.3) is 0 Å². The van der Waals surface area contributed by atoms with Crippen molar-refractivity contribution in [3.05, 3.63) is 0 Å². The first-order valence-corrected chi connectivity index (χ1v) is 10.1. The van der Waals surface area contributed by atoms with Crippen LogP contribution in [0.1, 0.15) is 26.2 Å². The number of rotatable bonds is 8. The zero-order valence-corrected chi connectivity index (χ0v) is 20.0. The van der Waals surface area contributed by atoms with Gasteiger partial charge in [-0.2, -0.15) is 0 Å². The number of nitrogens with zero attached hydrogens (tertiary/aromatic N) is 4. The van der Waals surface area contributed by atoms with Crippen LogP contribution in [0.4, 0.5) is 0 Å². The Labute approximate surface area is 182 Å². The molecule has 2 saturated heterocycles. The molecule has 0 aromatic carbocycles. The van der Waals surface area contributed by atoms with Crippen molar-refractivity contribution in [3.8, 4) is 0 Å². The van der Waals surface area contributed by atoms with Crippen LogP contribution in [0.15, 0.2) is 4.99 Å². The number of ether oxygens (including phenoxy) is 2. The van der Waals surface area contributed by atoms with Gasteiger partial charge in [0.2, 0.25) is 0 Å². The van der Waals surface area contributed by atoms with Crippen molar-refractivity contribution in [1.29, 1.82) is 0 Å². The summed E-state index contributed by atoms with van der Waals surface area (Å²) in [4.78, 5) is 11.8. The average molecular weight is 497 g/mol. The highest BCUT2D eigenvalue weighted by atomic mass is 127. The molecule has 1 N–H and O–H groups in total. The monoisotopic (exact) mass is 497 g/mol. The van der Waals surface area contributed by atoms with Crippen LogP contribution < -0.4 is 5.32 Å². The summed E-state index contributed by atoms with van der Waals surface area (Å²) >= 11 is 0. The van der Waals surface area contributed by atoms with E-state index in [1.165, 1.54) is 0 Å². The number of hydrogen-bond acceptors (Lipinski definition) is 5. The van der Waals surface area contributed by atoms with Crippen molar-refractivity contribution < 1.29 is 9.47 Å². The number of nitrogens with one attached hydrogen (secondary N) is 1. The Morgan fingerprint density at radius 2 is 1.78 bits per heavy atom. The van der Waals surface area contributed by atoms with E-state index in [1.54, 1.807) is 7.11 Å². The van der Waals surface area contributed by atoms with Gasteiger partial charge in [0.05, 0.1) is 6.10 Å². The van der Waals surface area contributed by atoms with Crippen LogP contribution >= 0.6 is 24.0 Å². The summed E-state index contributed by atoms with van der Waals surface area (Å²) in [6, 6.07) is 0.530. The molecule has 2 aliphatic heterocycles. The molecule has 2 heterocycles. The van der Waals surface area contributed by atoms with Gasteiger partial charge in [-0.05, 0) is 33.2 Å². The fraction of sp³-hybridized carbons (Fsp3) is 0.947. The Morgan fingerprint density at radius 3 is 2.37 bits per heavy atom. The molecule has 0 radical (unpaired) electrons. The van der Waals surface area contributed by atoms with E-state index in [0.717, 1.165) is 84.2 Å². The van der Waals surface area contributed by atoms with Gasteiger partial charge in [-0.25, -0.2) is 0 Å². The Balaban J connectivity index is 0.00000364. The van der Waals surface area contributed by atoms with E-state index in [4.69, 9.17) is 9.47 Å². The number of piperazine rings is 1.